The third-order valence-electron chi connectivity index (χ3n) is 7.22. The van der Waals surface area contributed by atoms with E-state index in [4.69, 9.17) is 14.5 Å². The molecule has 42 heavy (non-hydrogen) atoms. The third-order valence-corrected chi connectivity index (χ3v) is 9.42. The number of methoxy groups -OCH3 is 1. The third kappa shape index (κ3) is 5.68. The van der Waals surface area contributed by atoms with Gasteiger partial charge in [-0.15, -0.1) is 0 Å². The Kier molecular flexibility index (Phi) is 9.24. The van der Waals surface area contributed by atoms with E-state index in [9.17, 15) is 9.59 Å². The normalized spacial score (nSPS) is 15.0. The van der Waals surface area contributed by atoms with Crippen LogP contribution in [-0.2, 0) is 9.53 Å². The summed E-state index contributed by atoms with van der Waals surface area (Å²) in [6, 6.07) is 15.3. The van der Waals surface area contributed by atoms with E-state index < -0.39 is 12.0 Å². The van der Waals surface area contributed by atoms with Gasteiger partial charge in [0.25, 0.3) is 5.56 Å². The van der Waals surface area contributed by atoms with Crippen molar-refractivity contribution >= 4 is 61.9 Å². The van der Waals surface area contributed by atoms with E-state index in [-0.39, 0.29) is 12.2 Å². The predicted molar refractivity (Wildman–Crippen MR) is 178 cm³/mol. The second kappa shape index (κ2) is 12.7. The van der Waals surface area contributed by atoms with Crippen LogP contribution in [0.4, 0.5) is 0 Å². The molecule has 1 aliphatic rings. The van der Waals surface area contributed by atoms with Crippen LogP contribution >= 0.6 is 49.9 Å². The Balaban J connectivity index is 1.76. The number of rotatable bonds is 8. The van der Waals surface area contributed by atoms with Gasteiger partial charge in [0.05, 0.1) is 29.5 Å². The van der Waals surface area contributed by atoms with E-state index in [1.165, 1.54) is 14.9 Å². The van der Waals surface area contributed by atoms with Gasteiger partial charge in [-0.05, 0) is 110 Å². The number of halogens is 2. The molecular weight excluding hydrogens is 729 g/mol. The summed E-state index contributed by atoms with van der Waals surface area (Å²) in [6.45, 7) is 8.14. The van der Waals surface area contributed by atoms with E-state index >= 15 is 0 Å². The van der Waals surface area contributed by atoms with Gasteiger partial charge < -0.3 is 14.0 Å². The quantitative estimate of drug-likeness (QED) is 0.155. The van der Waals surface area contributed by atoms with Crippen molar-refractivity contribution in [2.24, 2.45) is 4.99 Å². The average molecular weight is 760 g/mol. The van der Waals surface area contributed by atoms with Crippen molar-refractivity contribution in [3.05, 3.63) is 110 Å². The van der Waals surface area contributed by atoms with Gasteiger partial charge >= 0.3 is 5.97 Å². The standard InChI is InChI=1S/C32H31BrIN3O4S/c1-6-8-25-28(31(39)41-7-2)29(24-17-21(33)9-14-26(24)40-5)37-30(38)27(42-32(37)35-25)16-20-15-18(3)36(19(20)4)23-12-10-22(34)11-13-23/h9-17,29H,6-8H2,1-5H3/b27-16+/t29-/m0/s1. The molecule has 2 aromatic carbocycles. The Morgan fingerprint density at radius 1 is 1.14 bits per heavy atom. The number of fused-ring (bicyclic) bond motifs is 1. The van der Waals surface area contributed by atoms with Gasteiger partial charge in [-0.3, -0.25) is 9.36 Å². The number of esters is 1. The van der Waals surface area contributed by atoms with Gasteiger partial charge in [0.2, 0.25) is 0 Å². The molecule has 10 heteroatoms. The summed E-state index contributed by atoms with van der Waals surface area (Å²) in [7, 11) is 1.58. The Bertz CT molecular complexity index is 1890. The molecule has 0 N–H and O–H groups in total. The lowest BCUT2D eigenvalue weighted by Gasteiger charge is -2.27. The fraction of sp³-hybridized carbons (Fsp3) is 0.281. The largest absolute Gasteiger partial charge is 0.496 e. The summed E-state index contributed by atoms with van der Waals surface area (Å²) in [5.41, 5.74) is 5.58. The molecule has 5 rings (SSSR count). The SMILES string of the molecule is CCCC1=C(C(=O)OCC)[C@H](c2cc(Br)ccc2OC)n2c(s/c(=C/c3cc(C)n(-c4ccc(I)cc4)c3C)c2=O)=N1. The van der Waals surface area contributed by atoms with E-state index in [1.807, 2.05) is 31.2 Å². The Hall–Kier alpha value is -2.96. The maximum atomic E-state index is 14.2. The molecule has 0 amide bonds. The van der Waals surface area contributed by atoms with Crippen molar-refractivity contribution in [1.82, 2.24) is 9.13 Å². The minimum Gasteiger partial charge on any atom is -0.496 e. The fourth-order valence-corrected chi connectivity index (χ4v) is 7.15. The zero-order valence-electron chi connectivity index (χ0n) is 24.0. The number of nitrogens with zero attached hydrogens (tertiary/aromatic N) is 3. The van der Waals surface area contributed by atoms with Gasteiger partial charge in [0, 0.05) is 30.7 Å². The van der Waals surface area contributed by atoms with Crippen molar-refractivity contribution in [2.45, 2.75) is 46.6 Å². The molecule has 1 atom stereocenters. The molecule has 0 aliphatic carbocycles. The first kappa shape index (κ1) is 30.5. The van der Waals surface area contributed by atoms with Crippen molar-refractivity contribution in [3.8, 4) is 11.4 Å². The second-order valence-corrected chi connectivity index (χ2v) is 13.1. The number of aromatic nitrogens is 2. The molecule has 218 valence electrons. The van der Waals surface area contributed by atoms with Gasteiger partial charge in [-0.1, -0.05) is 40.6 Å². The lowest BCUT2D eigenvalue weighted by atomic mass is 9.93. The first-order valence-electron chi connectivity index (χ1n) is 13.7. The first-order chi connectivity index (χ1) is 20.2. The molecule has 1 aliphatic heterocycles. The second-order valence-electron chi connectivity index (χ2n) is 9.94. The Labute approximate surface area is 270 Å². The van der Waals surface area contributed by atoms with E-state index in [0.717, 1.165) is 33.5 Å². The van der Waals surface area contributed by atoms with Crippen LogP contribution in [0.25, 0.3) is 11.8 Å². The molecule has 0 spiro atoms. The van der Waals surface area contributed by atoms with Gasteiger partial charge in [0.1, 0.15) is 11.8 Å². The summed E-state index contributed by atoms with van der Waals surface area (Å²) >= 11 is 7.20. The molecule has 0 radical (unpaired) electrons. The van der Waals surface area contributed by atoms with Crippen LogP contribution in [-0.4, -0.2) is 28.8 Å². The number of allylic oxidation sites excluding steroid dienone is 1. The van der Waals surface area contributed by atoms with Crippen LogP contribution in [0.2, 0.25) is 0 Å². The number of aryl methyl sites for hydroxylation is 1. The summed E-state index contributed by atoms with van der Waals surface area (Å²) in [5, 5.41) is 0. The lowest BCUT2D eigenvalue weighted by Crippen LogP contribution is -2.40. The van der Waals surface area contributed by atoms with Crippen molar-refractivity contribution < 1.29 is 14.3 Å². The lowest BCUT2D eigenvalue weighted by molar-refractivity contribution is -0.139. The molecule has 0 unspecified atom stereocenters. The molecule has 0 saturated heterocycles. The molecular formula is C32H31BrIN3O4S. The van der Waals surface area contributed by atoms with Crippen LogP contribution < -0.4 is 19.6 Å². The average Bonchev–Trinajstić information content (AvgIpc) is 3.42. The highest BCUT2D eigenvalue weighted by molar-refractivity contribution is 14.1. The highest BCUT2D eigenvalue weighted by atomic mass is 127. The molecule has 0 fully saturated rings. The van der Waals surface area contributed by atoms with Gasteiger partial charge in [-0.25, -0.2) is 9.79 Å². The first-order valence-corrected chi connectivity index (χ1v) is 16.4. The number of ether oxygens (including phenoxy) is 2. The van der Waals surface area contributed by atoms with Crippen molar-refractivity contribution in [3.63, 3.8) is 0 Å². The molecule has 7 nitrogen and oxygen atoms in total. The number of thiazole rings is 1. The zero-order chi connectivity index (χ0) is 30.1. The van der Waals surface area contributed by atoms with Crippen molar-refractivity contribution in [1.29, 1.82) is 0 Å². The number of hydrogen-bond donors (Lipinski definition) is 0. The van der Waals surface area contributed by atoms with Crippen LogP contribution in [0, 0.1) is 17.4 Å². The van der Waals surface area contributed by atoms with E-state index in [1.54, 1.807) is 18.6 Å². The highest BCUT2D eigenvalue weighted by Crippen LogP contribution is 2.38. The Morgan fingerprint density at radius 3 is 2.55 bits per heavy atom. The number of carbonyl (C=O) groups excluding carboxylic acids is 1. The van der Waals surface area contributed by atoms with Crippen LogP contribution in [0.5, 0.6) is 5.75 Å². The highest BCUT2D eigenvalue weighted by Gasteiger charge is 2.36. The van der Waals surface area contributed by atoms with Gasteiger partial charge in [-0.2, -0.15) is 0 Å². The molecule has 0 saturated carbocycles. The van der Waals surface area contributed by atoms with Crippen LogP contribution in [0.1, 0.15) is 55.2 Å². The molecule has 3 heterocycles. The van der Waals surface area contributed by atoms with E-state index in [0.29, 0.717) is 38.3 Å². The maximum absolute atomic E-state index is 14.2. The number of hydrogen-bond acceptors (Lipinski definition) is 6. The summed E-state index contributed by atoms with van der Waals surface area (Å²) in [5.74, 6) is 0.0884. The summed E-state index contributed by atoms with van der Waals surface area (Å²) < 4.78 is 17.6. The topological polar surface area (TPSA) is 74.8 Å². The molecule has 0 bridgehead atoms. The number of benzene rings is 2. The monoisotopic (exact) mass is 759 g/mol. The summed E-state index contributed by atoms with van der Waals surface area (Å²) in [4.78, 5) is 33.2. The smallest absolute Gasteiger partial charge is 0.338 e. The minimum atomic E-state index is -0.754. The molecule has 4 aromatic rings. The van der Waals surface area contributed by atoms with Crippen LogP contribution in [0.15, 0.2) is 74.1 Å². The van der Waals surface area contributed by atoms with Gasteiger partial charge in [0.15, 0.2) is 4.80 Å². The van der Waals surface area contributed by atoms with Crippen molar-refractivity contribution in [2.75, 3.05) is 13.7 Å². The Morgan fingerprint density at radius 2 is 1.88 bits per heavy atom. The predicted octanol–water partition coefficient (Wildman–Crippen LogP) is 6.36. The van der Waals surface area contributed by atoms with E-state index in [2.05, 4.69) is 87.3 Å². The zero-order valence-corrected chi connectivity index (χ0v) is 28.6. The maximum Gasteiger partial charge on any atom is 0.338 e. The fourth-order valence-electron chi connectivity index (χ4n) is 5.40. The molecule has 2 aromatic heterocycles. The number of carbonyl (C=O) groups is 1. The minimum absolute atomic E-state index is 0.213. The summed E-state index contributed by atoms with van der Waals surface area (Å²) in [6.07, 6.45) is 3.28. The van der Waals surface area contributed by atoms with Crippen LogP contribution in [0.3, 0.4) is 0 Å².